The van der Waals surface area contributed by atoms with E-state index in [-0.39, 0.29) is 0 Å². The molecule has 9 aromatic carbocycles. The molecule has 3 aliphatic rings. The van der Waals surface area contributed by atoms with Crippen LogP contribution in [0.3, 0.4) is 0 Å². The van der Waals surface area contributed by atoms with E-state index < -0.39 is 10.8 Å². The molecule has 63 heavy (non-hydrogen) atoms. The number of nitrogens with zero attached hydrogens (tertiary/aromatic N) is 3. The Hall–Kier alpha value is -8.14. The van der Waals surface area contributed by atoms with Gasteiger partial charge in [0.25, 0.3) is 0 Å². The van der Waals surface area contributed by atoms with Crippen molar-refractivity contribution in [1.82, 2.24) is 14.5 Å². The lowest BCUT2D eigenvalue weighted by atomic mass is 9.52. The predicted octanol–water partition coefficient (Wildman–Crippen LogP) is 13.9. The first kappa shape index (κ1) is 34.6. The lowest BCUT2D eigenvalue weighted by molar-refractivity contribution is 0.633. The standard InChI is InChI=1S/C60H37N3/c1-3-19-38(20-4-1)52-37-53(39-21-5-2-6-22-39)62-58(61-52)63-54-34-18-10-26-43(54)57-55(63)36-35-51-56(57)42-25-9-13-29-46(42)60(51)49-32-16-14-30-47(49)59(48-31-15-17-33-50(48)60)44-27-11-7-23-40(44)41-24-8-12-28-45(41)59/h1-37H. The van der Waals surface area contributed by atoms with Gasteiger partial charge in [-0.1, -0.05) is 206 Å². The van der Waals surface area contributed by atoms with Gasteiger partial charge >= 0.3 is 0 Å². The van der Waals surface area contributed by atoms with Crippen molar-refractivity contribution in [3.05, 3.63) is 269 Å². The second-order valence-electron chi connectivity index (χ2n) is 17.1. The van der Waals surface area contributed by atoms with E-state index in [1.54, 1.807) is 0 Å². The van der Waals surface area contributed by atoms with Crippen LogP contribution < -0.4 is 0 Å². The fourth-order valence-electron chi connectivity index (χ4n) is 12.0. The molecule has 0 saturated carbocycles. The van der Waals surface area contributed by atoms with E-state index in [0.29, 0.717) is 5.95 Å². The molecular weight excluding hydrogens is 763 g/mol. The van der Waals surface area contributed by atoms with Gasteiger partial charge in [0.1, 0.15) is 0 Å². The number of hydrogen-bond acceptors (Lipinski definition) is 2. The lowest BCUT2D eigenvalue weighted by Gasteiger charge is -2.48. The highest BCUT2D eigenvalue weighted by molar-refractivity contribution is 6.18. The van der Waals surface area contributed by atoms with E-state index in [2.05, 4.69) is 229 Å². The third-order valence-corrected chi connectivity index (χ3v) is 14.3. The summed E-state index contributed by atoms with van der Waals surface area (Å²) < 4.78 is 2.29. The van der Waals surface area contributed by atoms with Crippen LogP contribution in [-0.4, -0.2) is 14.5 Å². The van der Waals surface area contributed by atoms with Crippen molar-refractivity contribution in [2.75, 3.05) is 0 Å². The van der Waals surface area contributed by atoms with Gasteiger partial charge in [0.2, 0.25) is 5.95 Å². The molecule has 292 valence electrons. The fourth-order valence-corrected chi connectivity index (χ4v) is 12.0. The monoisotopic (exact) mass is 799 g/mol. The van der Waals surface area contributed by atoms with E-state index in [1.807, 2.05) is 0 Å². The molecule has 3 aliphatic carbocycles. The van der Waals surface area contributed by atoms with E-state index in [9.17, 15) is 0 Å². The number of para-hydroxylation sites is 1. The number of benzene rings is 9. The molecule has 0 saturated heterocycles. The van der Waals surface area contributed by atoms with Gasteiger partial charge in [0.05, 0.1) is 33.3 Å². The van der Waals surface area contributed by atoms with Crippen LogP contribution in [0.2, 0.25) is 0 Å². The van der Waals surface area contributed by atoms with E-state index in [0.717, 1.165) is 33.5 Å². The van der Waals surface area contributed by atoms with E-state index in [4.69, 9.17) is 9.97 Å². The van der Waals surface area contributed by atoms with Crippen molar-refractivity contribution in [3.8, 4) is 50.7 Å². The molecule has 14 rings (SSSR count). The second-order valence-corrected chi connectivity index (χ2v) is 17.1. The summed E-state index contributed by atoms with van der Waals surface area (Å²) in [5.41, 5.74) is 20.8. The zero-order chi connectivity index (χ0) is 41.3. The maximum Gasteiger partial charge on any atom is 0.235 e. The SMILES string of the molecule is c1ccc(-c2cc(-c3ccccc3)nc(-n3c4ccccc4c4c5c(ccc43)C3(c4ccccc4-5)c4ccccc4C4(c5ccccc5-c5ccccc54)c4ccccc43)n2)cc1. The molecule has 0 amide bonds. The van der Waals surface area contributed by atoms with Gasteiger partial charge in [-0.15, -0.1) is 0 Å². The van der Waals surface area contributed by atoms with Crippen molar-refractivity contribution >= 4 is 21.8 Å². The second kappa shape index (κ2) is 12.7. The zero-order valence-corrected chi connectivity index (χ0v) is 34.2. The highest BCUT2D eigenvalue weighted by Gasteiger charge is 2.59. The first-order valence-electron chi connectivity index (χ1n) is 21.8. The molecule has 2 heterocycles. The Morgan fingerprint density at radius 2 is 0.730 bits per heavy atom. The van der Waals surface area contributed by atoms with E-state index >= 15 is 0 Å². The zero-order valence-electron chi connectivity index (χ0n) is 34.2. The minimum absolute atomic E-state index is 0.485. The van der Waals surface area contributed by atoms with Crippen LogP contribution in [-0.2, 0) is 10.8 Å². The van der Waals surface area contributed by atoms with E-state index in [1.165, 1.54) is 77.5 Å². The van der Waals surface area contributed by atoms with Crippen molar-refractivity contribution in [2.45, 2.75) is 10.8 Å². The van der Waals surface area contributed by atoms with Gasteiger partial charge < -0.3 is 0 Å². The molecule has 0 unspecified atom stereocenters. The van der Waals surface area contributed by atoms with Gasteiger partial charge in [0, 0.05) is 21.9 Å². The summed E-state index contributed by atoms with van der Waals surface area (Å²) in [6.07, 6.45) is 0. The summed E-state index contributed by atoms with van der Waals surface area (Å²) in [6, 6.07) is 82.6. The van der Waals surface area contributed by atoms with Crippen LogP contribution in [0.25, 0.3) is 72.5 Å². The van der Waals surface area contributed by atoms with Crippen molar-refractivity contribution in [2.24, 2.45) is 0 Å². The fraction of sp³-hybridized carbons (Fsp3) is 0.0333. The number of aromatic nitrogens is 3. The van der Waals surface area contributed by atoms with Gasteiger partial charge in [0.15, 0.2) is 0 Å². The molecule has 3 heteroatoms. The van der Waals surface area contributed by atoms with Crippen molar-refractivity contribution in [3.63, 3.8) is 0 Å². The first-order valence-corrected chi connectivity index (χ1v) is 21.8. The highest BCUT2D eigenvalue weighted by atomic mass is 15.2. The molecule has 2 spiro atoms. The van der Waals surface area contributed by atoms with Crippen LogP contribution in [0.4, 0.5) is 0 Å². The van der Waals surface area contributed by atoms with Gasteiger partial charge in [-0.25, -0.2) is 9.97 Å². The number of fused-ring (bicyclic) bond motifs is 20. The average molecular weight is 800 g/mol. The van der Waals surface area contributed by atoms with Gasteiger partial charge in [-0.05, 0) is 85.0 Å². The molecule has 3 nitrogen and oxygen atoms in total. The Labute approximate surface area is 365 Å². The highest BCUT2D eigenvalue weighted by Crippen LogP contribution is 2.68. The summed E-state index contributed by atoms with van der Waals surface area (Å²) in [6.45, 7) is 0. The minimum Gasteiger partial charge on any atom is -0.278 e. The minimum atomic E-state index is -0.585. The summed E-state index contributed by atoms with van der Waals surface area (Å²) in [4.78, 5) is 10.8. The van der Waals surface area contributed by atoms with Crippen molar-refractivity contribution < 1.29 is 0 Å². The van der Waals surface area contributed by atoms with Gasteiger partial charge in [-0.3, -0.25) is 4.57 Å². The van der Waals surface area contributed by atoms with Crippen LogP contribution in [0.1, 0.15) is 44.5 Å². The smallest absolute Gasteiger partial charge is 0.235 e. The summed E-state index contributed by atoms with van der Waals surface area (Å²) in [5, 5.41) is 2.40. The van der Waals surface area contributed by atoms with Crippen LogP contribution >= 0.6 is 0 Å². The maximum atomic E-state index is 5.38. The van der Waals surface area contributed by atoms with Crippen LogP contribution in [0.15, 0.2) is 224 Å². The third-order valence-electron chi connectivity index (χ3n) is 14.3. The number of rotatable bonds is 3. The molecule has 0 aliphatic heterocycles. The Morgan fingerprint density at radius 3 is 1.27 bits per heavy atom. The molecule has 0 N–H and O–H groups in total. The normalized spacial score (nSPS) is 14.3. The van der Waals surface area contributed by atoms with Gasteiger partial charge in [-0.2, -0.15) is 0 Å². The molecule has 2 aromatic heterocycles. The molecule has 0 bridgehead atoms. The summed E-state index contributed by atoms with van der Waals surface area (Å²) >= 11 is 0. The maximum absolute atomic E-state index is 5.38. The topological polar surface area (TPSA) is 30.7 Å². The quantitative estimate of drug-likeness (QED) is 0.178. The molecular formula is C60H37N3. The Kier molecular flexibility index (Phi) is 6.97. The van der Waals surface area contributed by atoms with Crippen molar-refractivity contribution in [1.29, 1.82) is 0 Å². The van der Waals surface area contributed by atoms with Crippen LogP contribution in [0, 0.1) is 0 Å². The predicted molar refractivity (Wildman–Crippen MR) is 255 cm³/mol. The Morgan fingerprint density at radius 1 is 0.317 bits per heavy atom. The largest absolute Gasteiger partial charge is 0.278 e. The first-order chi connectivity index (χ1) is 31.3. The average Bonchev–Trinajstić information content (AvgIpc) is 3.97. The summed E-state index contributed by atoms with van der Waals surface area (Å²) in [7, 11) is 0. The third kappa shape index (κ3) is 4.33. The number of hydrogen-bond donors (Lipinski definition) is 0. The summed E-state index contributed by atoms with van der Waals surface area (Å²) in [5.74, 6) is 0.649. The molecule has 11 aromatic rings. The molecule has 0 fully saturated rings. The Bertz CT molecular complexity index is 3540. The van der Waals surface area contributed by atoms with Crippen LogP contribution in [0.5, 0.6) is 0 Å². The molecule has 0 radical (unpaired) electrons. The lowest BCUT2D eigenvalue weighted by Crippen LogP contribution is -2.43. The Balaban J connectivity index is 1.10. The molecule has 0 atom stereocenters.